The van der Waals surface area contributed by atoms with Crippen LogP contribution >= 0.6 is 11.8 Å². The number of hydrogen-bond donors (Lipinski definition) is 0. The van der Waals surface area contributed by atoms with Crippen molar-refractivity contribution in [1.29, 1.82) is 0 Å². The van der Waals surface area contributed by atoms with Gasteiger partial charge in [-0.2, -0.15) is 0 Å². The number of fused-ring (bicyclic) bond motifs is 1. The maximum absolute atomic E-state index is 12.5. The zero-order valence-electron chi connectivity index (χ0n) is 13.8. The summed E-state index contributed by atoms with van der Waals surface area (Å²) in [4.78, 5) is 18.8. The summed E-state index contributed by atoms with van der Waals surface area (Å²) in [5.41, 5.74) is 3.20. The molecule has 0 aliphatic heterocycles. The lowest BCUT2D eigenvalue weighted by Crippen LogP contribution is -2.32. The number of pyridine rings is 1. The molecule has 1 aromatic carbocycles. The van der Waals surface area contributed by atoms with Crippen LogP contribution in [0, 0.1) is 0 Å². The number of aromatic nitrogens is 2. The van der Waals surface area contributed by atoms with Gasteiger partial charge in [0.1, 0.15) is 5.65 Å². The highest BCUT2D eigenvalue weighted by atomic mass is 32.2. The second-order valence-corrected chi connectivity index (χ2v) is 6.55. The minimum absolute atomic E-state index is 0.171. The van der Waals surface area contributed by atoms with Crippen LogP contribution in [-0.4, -0.2) is 32.5 Å². The van der Waals surface area contributed by atoms with Gasteiger partial charge in [0.15, 0.2) is 0 Å². The fourth-order valence-corrected chi connectivity index (χ4v) is 3.48. The van der Waals surface area contributed by atoms with E-state index in [-0.39, 0.29) is 5.91 Å². The maximum Gasteiger partial charge on any atom is 0.232 e. The van der Waals surface area contributed by atoms with E-state index >= 15 is 0 Å². The molecule has 2 heterocycles. The molecule has 0 saturated carbocycles. The Morgan fingerprint density at radius 2 is 1.96 bits per heavy atom. The van der Waals surface area contributed by atoms with Crippen LogP contribution in [0.2, 0.25) is 0 Å². The van der Waals surface area contributed by atoms with Crippen molar-refractivity contribution in [2.24, 2.45) is 0 Å². The molecule has 3 rings (SSSR count). The lowest BCUT2D eigenvalue weighted by atomic mass is 10.2. The average molecular weight is 339 g/mol. The molecule has 0 fully saturated rings. The smallest absolute Gasteiger partial charge is 0.232 e. The predicted molar refractivity (Wildman–Crippen MR) is 98.9 cm³/mol. The SMILES string of the molecule is CCN(Cc1cnc2ccccn12)C(=O)CSCc1ccccc1. The molecule has 4 nitrogen and oxygen atoms in total. The predicted octanol–water partition coefficient (Wildman–Crippen LogP) is 3.62. The summed E-state index contributed by atoms with van der Waals surface area (Å²) < 4.78 is 2.03. The fourth-order valence-electron chi connectivity index (χ4n) is 2.60. The summed E-state index contributed by atoms with van der Waals surface area (Å²) in [6.45, 7) is 3.31. The van der Waals surface area contributed by atoms with E-state index < -0.39 is 0 Å². The number of thioether (sulfide) groups is 1. The Morgan fingerprint density at radius 1 is 1.17 bits per heavy atom. The number of nitrogens with zero attached hydrogens (tertiary/aromatic N) is 3. The van der Waals surface area contributed by atoms with Crippen LogP contribution in [0.1, 0.15) is 18.2 Å². The van der Waals surface area contributed by atoms with E-state index in [1.54, 1.807) is 11.8 Å². The Hall–Kier alpha value is -2.27. The summed E-state index contributed by atoms with van der Waals surface area (Å²) in [5.74, 6) is 1.53. The second kappa shape index (κ2) is 8.02. The van der Waals surface area contributed by atoms with E-state index in [9.17, 15) is 4.79 Å². The number of amides is 1. The van der Waals surface area contributed by atoms with E-state index in [0.29, 0.717) is 18.8 Å². The van der Waals surface area contributed by atoms with E-state index in [1.165, 1.54) is 5.56 Å². The van der Waals surface area contributed by atoms with Crippen molar-refractivity contribution in [2.45, 2.75) is 19.2 Å². The van der Waals surface area contributed by atoms with Crippen LogP contribution in [0.25, 0.3) is 5.65 Å². The van der Waals surface area contributed by atoms with E-state index in [2.05, 4.69) is 17.1 Å². The Kier molecular flexibility index (Phi) is 5.54. The zero-order chi connectivity index (χ0) is 16.8. The van der Waals surface area contributed by atoms with Crippen LogP contribution in [0.4, 0.5) is 0 Å². The van der Waals surface area contributed by atoms with Crippen LogP contribution in [-0.2, 0) is 17.1 Å². The van der Waals surface area contributed by atoms with Crippen molar-refractivity contribution in [3.05, 3.63) is 72.2 Å². The van der Waals surface area contributed by atoms with Crippen LogP contribution in [0.3, 0.4) is 0 Å². The van der Waals surface area contributed by atoms with Gasteiger partial charge in [-0.05, 0) is 24.6 Å². The Bertz CT molecular complexity index is 800. The standard InChI is InChI=1S/C19H21N3OS/c1-2-21(13-17-12-20-18-10-6-7-11-22(17)18)19(23)15-24-14-16-8-4-3-5-9-16/h3-12H,2,13-15H2,1H3. The summed E-state index contributed by atoms with van der Waals surface area (Å²) in [7, 11) is 0. The second-order valence-electron chi connectivity index (χ2n) is 5.56. The quantitative estimate of drug-likeness (QED) is 0.660. The van der Waals surface area contributed by atoms with Crippen LogP contribution < -0.4 is 0 Å². The first kappa shape index (κ1) is 16.6. The van der Waals surface area contributed by atoms with Crippen molar-refractivity contribution >= 4 is 23.3 Å². The highest BCUT2D eigenvalue weighted by Crippen LogP contribution is 2.14. The third-order valence-corrected chi connectivity index (χ3v) is 4.91. The number of carbonyl (C=O) groups excluding carboxylic acids is 1. The Labute approximate surface area is 146 Å². The van der Waals surface area contributed by atoms with Gasteiger partial charge >= 0.3 is 0 Å². The van der Waals surface area contributed by atoms with Crippen molar-refractivity contribution in [1.82, 2.24) is 14.3 Å². The number of imidazole rings is 1. The molecule has 0 aliphatic rings. The molecule has 0 saturated heterocycles. The Morgan fingerprint density at radius 3 is 2.75 bits per heavy atom. The average Bonchev–Trinajstić information content (AvgIpc) is 3.03. The lowest BCUT2D eigenvalue weighted by Gasteiger charge is -2.20. The van der Waals surface area contributed by atoms with Gasteiger partial charge in [-0.15, -0.1) is 11.8 Å². The fraction of sp³-hybridized carbons (Fsp3) is 0.263. The van der Waals surface area contributed by atoms with E-state index in [4.69, 9.17) is 0 Å². The molecular formula is C19H21N3OS. The lowest BCUT2D eigenvalue weighted by molar-refractivity contribution is -0.128. The van der Waals surface area contributed by atoms with Gasteiger partial charge < -0.3 is 9.30 Å². The number of rotatable bonds is 7. The van der Waals surface area contributed by atoms with Crippen molar-refractivity contribution < 1.29 is 4.79 Å². The highest BCUT2D eigenvalue weighted by Gasteiger charge is 2.14. The minimum Gasteiger partial charge on any atom is -0.336 e. The first-order chi connectivity index (χ1) is 11.8. The zero-order valence-corrected chi connectivity index (χ0v) is 14.6. The van der Waals surface area contributed by atoms with Crippen LogP contribution in [0.5, 0.6) is 0 Å². The summed E-state index contributed by atoms with van der Waals surface area (Å²) in [6, 6.07) is 16.2. The minimum atomic E-state index is 0.171. The third-order valence-electron chi connectivity index (χ3n) is 3.92. The van der Waals surface area contributed by atoms with Crippen LogP contribution in [0.15, 0.2) is 60.9 Å². The number of benzene rings is 1. The van der Waals surface area contributed by atoms with Gasteiger partial charge in [0.2, 0.25) is 5.91 Å². The van der Waals surface area contributed by atoms with Crippen molar-refractivity contribution in [3.63, 3.8) is 0 Å². The molecule has 124 valence electrons. The monoisotopic (exact) mass is 339 g/mol. The summed E-state index contributed by atoms with van der Waals surface area (Å²) in [5, 5.41) is 0. The molecule has 0 unspecified atom stereocenters. The first-order valence-electron chi connectivity index (χ1n) is 8.08. The van der Waals surface area contributed by atoms with Gasteiger partial charge in [0, 0.05) is 18.5 Å². The number of hydrogen-bond acceptors (Lipinski definition) is 3. The molecule has 0 atom stereocenters. The van der Waals surface area contributed by atoms with Gasteiger partial charge in [-0.1, -0.05) is 36.4 Å². The van der Waals surface area contributed by atoms with Crippen molar-refractivity contribution in [2.75, 3.05) is 12.3 Å². The van der Waals surface area contributed by atoms with Crippen molar-refractivity contribution in [3.8, 4) is 0 Å². The molecular weight excluding hydrogens is 318 g/mol. The molecule has 5 heteroatoms. The first-order valence-corrected chi connectivity index (χ1v) is 9.24. The molecule has 1 amide bonds. The molecule has 0 radical (unpaired) electrons. The topological polar surface area (TPSA) is 37.6 Å². The third kappa shape index (κ3) is 3.97. The van der Waals surface area contributed by atoms with Gasteiger partial charge in [0.25, 0.3) is 0 Å². The van der Waals surface area contributed by atoms with E-state index in [0.717, 1.165) is 17.1 Å². The summed E-state index contributed by atoms with van der Waals surface area (Å²) in [6.07, 6.45) is 3.84. The Balaban J connectivity index is 1.58. The highest BCUT2D eigenvalue weighted by molar-refractivity contribution is 7.99. The maximum atomic E-state index is 12.5. The molecule has 24 heavy (non-hydrogen) atoms. The molecule has 0 spiro atoms. The molecule has 0 aliphatic carbocycles. The number of carbonyl (C=O) groups is 1. The largest absolute Gasteiger partial charge is 0.336 e. The van der Waals surface area contributed by atoms with E-state index in [1.807, 2.05) is 65.0 Å². The van der Waals surface area contributed by atoms with Gasteiger partial charge in [-0.3, -0.25) is 4.79 Å². The molecule has 0 bridgehead atoms. The van der Waals surface area contributed by atoms with Gasteiger partial charge in [0.05, 0.1) is 24.2 Å². The molecule has 2 aromatic heterocycles. The summed E-state index contributed by atoms with van der Waals surface area (Å²) >= 11 is 1.66. The normalized spacial score (nSPS) is 10.9. The molecule has 0 N–H and O–H groups in total. The molecule has 3 aromatic rings. The van der Waals surface area contributed by atoms with Gasteiger partial charge in [-0.25, -0.2) is 4.98 Å².